The number of rotatable bonds is 2. The lowest BCUT2D eigenvalue weighted by Gasteiger charge is -2.25. The zero-order valence-electron chi connectivity index (χ0n) is 7.91. The van der Waals surface area contributed by atoms with E-state index in [1.165, 1.54) is 0 Å². The quantitative estimate of drug-likeness (QED) is 0.685. The van der Waals surface area contributed by atoms with Gasteiger partial charge < -0.3 is 10.0 Å². The molecule has 1 saturated heterocycles. The fraction of sp³-hybridized carbons (Fsp3) is 0.778. The maximum atomic E-state index is 13.1. The maximum Gasteiger partial charge on any atom is 0.359 e. The van der Waals surface area contributed by atoms with Gasteiger partial charge in [-0.25, -0.2) is 9.18 Å². The van der Waals surface area contributed by atoms with Crippen LogP contribution in [0.2, 0.25) is 0 Å². The molecular weight excluding hydrogens is 189 g/mol. The molecule has 1 amide bonds. The van der Waals surface area contributed by atoms with Crippen LogP contribution >= 0.6 is 0 Å². The molecule has 5 heteroatoms. The van der Waals surface area contributed by atoms with Crippen LogP contribution in [0.15, 0.2) is 0 Å². The van der Waals surface area contributed by atoms with Crippen molar-refractivity contribution in [1.29, 1.82) is 0 Å². The summed E-state index contributed by atoms with van der Waals surface area (Å²) in [5.41, 5.74) is 0. The molecule has 0 aromatic rings. The van der Waals surface area contributed by atoms with Crippen LogP contribution in [0.1, 0.15) is 32.1 Å². The van der Waals surface area contributed by atoms with Crippen LogP contribution in [0.25, 0.3) is 0 Å². The van der Waals surface area contributed by atoms with E-state index in [1.54, 1.807) is 0 Å². The Hall–Kier alpha value is -1.13. The van der Waals surface area contributed by atoms with E-state index in [4.69, 9.17) is 5.11 Å². The third-order valence-electron chi connectivity index (χ3n) is 2.34. The highest BCUT2D eigenvalue weighted by atomic mass is 19.1. The first-order chi connectivity index (χ1) is 6.63. The smallest absolute Gasteiger partial charge is 0.359 e. The van der Waals surface area contributed by atoms with E-state index in [0.717, 1.165) is 24.2 Å². The van der Waals surface area contributed by atoms with Crippen LogP contribution in [0.5, 0.6) is 0 Å². The molecule has 1 fully saturated rings. The zero-order valence-corrected chi connectivity index (χ0v) is 7.91. The Balaban J connectivity index is 2.61. The van der Waals surface area contributed by atoms with Gasteiger partial charge in [-0.2, -0.15) is 0 Å². The van der Waals surface area contributed by atoms with Gasteiger partial charge in [0.05, 0.1) is 0 Å². The Labute approximate surface area is 81.7 Å². The third kappa shape index (κ3) is 2.68. The van der Waals surface area contributed by atoms with Crippen LogP contribution in [-0.2, 0) is 9.59 Å². The summed E-state index contributed by atoms with van der Waals surface area (Å²) in [6, 6.07) is 0. The Morgan fingerprint density at radius 3 is 2.64 bits per heavy atom. The lowest BCUT2D eigenvalue weighted by molar-refractivity contribution is -0.158. The van der Waals surface area contributed by atoms with Gasteiger partial charge in [-0.05, 0) is 12.8 Å². The fourth-order valence-electron chi connectivity index (χ4n) is 1.55. The van der Waals surface area contributed by atoms with Crippen LogP contribution in [0.4, 0.5) is 4.39 Å². The summed E-state index contributed by atoms with van der Waals surface area (Å²) in [5, 5.41) is 8.45. The predicted octanol–water partition coefficient (Wildman–Crippen LogP) is 1.16. The normalized spacial score (nSPS) is 21.2. The summed E-state index contributed by atoms with van der Waals surface area (Å²) in [4.78, 5) is 22.5. The predicted molar refractivity (Wildman–Crippen MR) is 47.3 cm³/mol. The van der Waals surface area contributed by atoms with E-state index in [1.807, 2.05) is 0 Å². The molecule has 0 aliphatic carbocycles. The van der Waals surface area contributed by atoms with Gasteiger partial charge in [0.2, 0.25) is 5.91 Å². The largest absolute Gasteiger partial charge is 0.478 e. The molecular formula is C9H14FNO3. The molecule has 1 rings (SSSR count). The number of aliphatic carboxylic acids is 1. The van der Waals surface area contributed by atoms with Crippen LogP contribution < -0.4 is 0 Å². The minimum absolute atomic E-state index is 0.215. The van der Waals surface area contributed by atoms with E-state index >= 15 is 0 Å². The summed E-state index contributed by atoms with van der Waals surface area (Å²) in [7, 11) is 0. The van der Waals surface area contributed by atoms with E-state index in [2.05, 4.69) is 0 Å². The fourth-order valence-corrected chi connectivity index (χ4v) is 1.55. The first kappa shape index (κ1) is 10.9. The lowest BCUT2D eigenvalue weighted by Crippen LogP contribution is -2.43. The van der Waals surface area contributed by atoms with Crippen molar-refractivity contribution in [3.63, 3.8) is 0 Å². The van der Waals surface area contributed by atoms with Gasteiger partial charge in [-0.3, -0.25) is 4.79 Å². The number of carboxylic acid groups (broad SMARTS) is 1. The zero-order chi connectivity index (χ0) is 10.6. The summed E-state index contributed by atoms with van der Waals surface area (Å²) in [5.74, 6) is -1.97. The average molecular weight is 203 g/mol. The van der Waals surface area contributed by atoms with Crippen molar-refractivity contribution in [3.05, 3.63) is 0 Å². The molecule has 0 radical (unpaired) electrons. The molecule has 1 unspecified atom stereocenters. The van der Waals surface area contributed by atoms with Gasteiger partial charge in [0, 0.05) is 13.0 Å². The topological polar surface area (TPSA) is 57.6 Å². The molecule has 1 aliphatic rings. The van der Waals surface area contributed by atoms with E-state index in [-0.39, 0.29) is 18.9 Å². The standard InChI is InChI=1S/C9H14FNO3/c10-8(9(13)14)11-6-4-2-1-3-5-7(11)12/h8H,1-6H2,(H,13,14). The van der Waals surface area contributed by atoms with Gasteiger partial charge in [-0.15, -0.1) is 0 Å². The Kier molecular flexibility index (Phi) is 3.85. The first-order valence-corrected chi connectivity index (χ1v) is 4.79. The maximum absolute atomic E-state index is 13.1. The summed E-state index contributed by atoms with van der Waals surface area (Å²) in [6.45, 7) is 0.215. The molecule has 4 nitrogen and oxygen atoms in total. The van der Waals surface area contributed by atoms with Crippen molar-refractivity contribution < 1.29 is 19.1 Å². The van der Waals surface area contributed by atoms with Crippen LogP contribution in [0, 0.1) is 0 Å². The highest BCUT2D eigenvalue weighted by Gasteiger charge is 2.29. The molecule has 80 valence electrons. The Morgan fingerprint density at radius 1 is 1.36 bits per heavy atom. The molecule has 1 atom stereocenters. The third-order valence-corrected chi connectivity index (χ3v) is 2.34. The van der Waals surface area contributed by atoms with Gasteiger partial charge in [0.1, 0.15) is 0 Å². The van der Waals surface area contributed by atoms with Crippen molar-refractivity contribution in [2.45, 2.75) is 38.4 Å². The lowest BCUT2D eigenvalue weighted by atomic mass is 10.1. The summed E-state index contributed by atoms with van der Waals surface area (Å²) in [6.07, 6.45) is 1.37. The molecule has 0 aromatic carbocycles. The van der Waals surface area contributed by atoms with Crippen molar-refractivity contribution in [1.82, 2.24) is 4.90 Å². The number of amides is 1. The molecule has 1 aliphatic heterocycles. The number of likely N-dealkylation sites (tertiary alicyclic amines) is 1. The van der Waals surface area contributed by atoms with Crippen LogP contribution in [-0.4, -0.2) is 34.7 Å². The van der Waals surface area contributed by atoms with Crippen molar-refractivity contribution in [3.8, 4) is 0 Å². The number of hydrogen-bond donors (Lipinski definition) is 1. The minimum atomic E-state index is -2.18. The minimum Gasteiger partial charge on any atom is -0.478 e. The number of hydrogen-bond acceptors (Lipinski definition) is 2. The second-order valence-corrected chi connectivity index (χ2v) is 3.43. The number of halogens is 1. The van der Waals surface area contributed by atoms with Crippen molar-refractivity contribution in [2.75, 3.05) is 6.54 Å². The van der Waals surface area contributed by atoms with Gasteiger partial charge in [0.25, 0.3) is 6.30 Å². The molecule has 1 N–H and O–H groups in total. The van der Waals surface area contributed by atoms with Gasteiger partial charge in [-0.1, -0.05) is 12.8 Å². The van der Waals surface area contributed by atoms with E-state index < -0.39 is 12.3 Å². The van der Waals surface area contributed by atoms with Crippen molar-refractivity contribution in [2.24, 2.45) is 0 Å². The first-order valence-electron chi connectivity index (χ1n) is 4.79. The highest BCUT2D eigenvalue weighted by molar-refractivity contribution is 5.82. The van der Waals surface area contributed by atoms with E-state index in [9.17, 15) is 14.0 Å². The van der Waals surface area contributed by atoms with Gasteiger partial charge in [0.15, 0.2) is 0 Å². The molecule has 14 heavy (non-hydrogen) atoms. The highest BCUT2D eigenvalue weighted by Crippen LogP contribution is 2.14. The molecule has 1 heterocycles. The molecule has 0 bridgehead atoms. The summed E-state index contributed by atoms with van der Waals surface area (Å²) < 4.78 is 13.1. The van der Waals surface area contributed by atoms with Crippen LogP contribution in [0.3, 0.4) is 0 Å². The Morgan fingerprint density at radius 2 is 2.00 bits per heavy atom. The van der Waals surface area contributed by atoms with Crippen molar-refractivity contribution >= 4 is 11.9 Å². The second kappa shape index (κ2) is 4.93. The average Bonchev–Trinajstić information content (AvgIpc) is 2.11. The monoisotopic (exact) mass is 203 g/mol. The van der Waals surface area contributed by atoms with Gasteiger partial charge >= 0.3 is 5.97 Å². The molecule has 0 aromatic heterocycles. The number of carboxylic acids is 1. The second-order valence-electron chi connectivity index (χ2n) is 3.43. The number of carbonyl (C=O) groups excluding carboxylic acids is 1. The molecule has 0 saturated carbocycles. The summed E-state index contributed by atoms with van der Waals surface area (Å²) >= 11 is 0. The molecule has 0 spiro atoms. The number of carbonyl (C=O) groups is 2. The SMILES string of the molecule is O=C(O)C(F)N1CCCCCCC1=O. The van der Waals surface area contributed by atoms with E-state index in [0.29, 0.717) is 6.42 Å². The Bertz CT molecular complexity index is 232. The number of nitrogens with zero attached hydrogens (tertiary/aromatic N) is 1. The number of alkyl halides is 1.